The van der Waals surface area contributed by atoms with E-state index in [1.807, 2.05) is 0 Å². The lowest BCUT2D eigenvalue weighted by atomic mass is 9.96. The third-order valence-electron chi connectivity index (χ3n) is 5.18. The highest BCUT2D eigenvalue weighted by atomic mass is 32.1. The van der Waals surface area contributed by atoms with Crippen molar-refractivity contribution in [3.63, 3.8) is 0 Å². The Labute approximate surface area is 168 Å². The summed E-state index contributed by atoms with van der Waals surface area (Å²) in [6, 6.07) is 13.7. The number of likely N-dealkylation sites (tertiary alicyclic amines) is 1. The van der Waals surface area contributed by atoms with Crippen LogP contribution in [0.4, 0.5) is 4.39 Å². The molecule has 4 nitrogen and oxygen atoms in total. The van der Waals surface area contributed by atoms with Gasteiger partial charge < -0.3 is 9.73 Å². The van der Waals surface area contributed by atoms with Crippen LogP contribution in [0.25, 0.3) is 11.3 Å². The molecule has 6 heteroatoms. The highest BCUT2D eigenvalue weighted by molar-refractivity contribution is 7.09. The number of thiophene rings is 1. The maximum atomic E-state index is 13.0. The van der Waals surface area contributed by atoms with E-state index in [1.165, 1.54) is 17.0 Å². The van der Waals surface area contributed by atoms with E-state index in [2.05, 4.69) is 27.7 Å². The highest BCUT2D eigenvalue weighted by Gasteiger charge is 2.21. The molecule has 0 spiro atoms. The van der Waals surface area contributed by atoms with E-state index in [-0.39, 0.29) is 17.5 Å². The van der Waals surface area contributed by atoms with Crippen molar-refractivity contribution in [1.29, 1.82) is 0 Å². The van der Waals surface area contributed by atoms with E-state index >= 15 is 0 Å². The molecular formula is C22H23FN2O2S. The molecular weight excluding hydrogens is 375 g/mol. The fraction of sp³-hybridized carbons (Fsp3) is 0.318. The van der Waals surface area contributed by atoms with Crippen LogP contribution in [-0.4, -0.2) is 30.4 Å². The lowest BCUT2D eigenvalue weighted by Crippen LogP contribution is -2.38. The van der Waals surface area contributed by atoms with Gasteiger partial charge in [-0.15, -0.1) is 11.3 Å². The van der Waals surface area contributed by atoms with Gasteiger partial charge in [0.2, 0.25) is 0 Å². The molecule has 0 atom stereocenters. The van der Waals surface area contributed by atoms with Crippen molar-refractivity contribution in [1.82, 2.24) is 10.2 Å². The summed E-state index contributed by atoms with van der Waals surface area (Å²) in [6.45, 7) is 3.81. The lowest BCUT2D eigenvalue weighted by molar-refractivity contribution is 0.0908. The first-order valence-electron chi connectivity index (χ1n) is 9.56. The zero-order chi connectivity index (χ0) is 19.3. The zero-order valence-electron chi connectivity index (χ0n) is 15.6. The molecule has 1 amide bonds. The van der Waals surface area contributed by atoms with Crippen molar-refractivity contribution >= 4 is 17.2 Å². The van der Waals surface area contributed by atoms with Crippen LogP contribution >= 0.6 is 11.3 Å². The molecule has 1 aliphatic heterocycles. The SMILES string of the molecule is O=C(NCC1CCN(Cc2cccs2)CC1)c1ccc(-c2ccc(F)cc2)o1. The van der Waals surface area contributed by atoms with Gasteiger partial charge in [-0.1, -0.05) is 6.07 Å². The summed E-state index contributed by atoms with van der Waals surface area (Å²) in [6.07, 6.45) is 2.18. The molecule has 3 aromatic rings. The molecule has 1 saturated heterocycles. The number of piperidine rings is 1. The minimum atomic E-state index is -0.297. The van der Waals surface area contributed by atoms with Gasteiger partial charge in [-0.3, -0.25) is 9.69 Å². The number of halogens is 1. The summed E-state index contributed by atoms with van der Waals surface area (Å²) in [7, 11) is 0. The summed E-state index contributed by atoms with van der Waals surface area (Å²) in [4.78, 5) is 16.3. The topological polar surface area (TPSA) is 45.5 Å². The normalized spacial score (nSPS) is 15.6. The fourth-order valence-electron chi connectivity index (χ4n) is 3.52. The minimum Gasteiger partial charge on any atom is -0.451 e. The van der Waals surface area contributed by atoms with E-state index in [1.54, 1.807) is 35.6 Å². The van der Waals surface area contributed by atoms with Gasteiger partial charge in [0.25, 0.3) is 5.91 Å². The monoisotopic (exact) mass is 398 g/mol. The number of benzene rings is 1. The fourth-order valence-corrected chi connectivity index (χ4v) is 4.27. The van der Waals surface area contributed by atoms with Crippen LogP contribution in [0, 0.1) is 11.7 Å². The largest absolute Gasteiger partial charge is 0.451 e. The second-order valence-corrected chi connectivity index (χ2v) is 8.21. The number of furan rings is 1. The average molecular weight is 399 g/mol. The zero-order valence-corrected chi connectivity index (χ0v) is 16.4. The number of amides is 1. The molecule has 0 aliphatic carbocycles. The Kier molecular flexibility index (Phi) is 5.88. The maximum Gasteiger partial charge on any atom is 0.287 e. The van der Waals surface area contributed by atoms with Crippen molar-refractivity contribution in [3.8, 4) is 11.3 Å². The number of rotatable bonds is 6. The second-order valence-electron chi connectivity index (χ2n) is 7.18. The summed E-state index contributed by atoms with van der Waals surface area (Å²) in [5.74, 6) is 0.848. The molecule has 0 bridgehead atoms. The smallest absolute Gasteiger partial charge is 0.287 e. The second kappa shape index (κ2) is 8.71. The van der Waals surface area contributed by atoms with Gasteiger partial charge >= 0.3 is 0 Å². The molecule has 4 rings (SSSR count). The third kappa shape index (κ3) is 4.69. The van der Waals surface area contributed by atoms with Crippen LogP contribution in [0.3, 0.4) is 0 Å². The highest BCUT2D eigenvalue weighted by Crippen LogP contribution is 2.23. The molecule has 1 N–H and O–H groups in total. The van der Waals surface area contributed by atoms with Gasteiger partial charge in [0.1, 0.15) is 11.6 Å². The average Bonchev–Trinajstić information content (AvgIpc) is 3.40. The van der Waals surface area contributed by atoms with Crippen LogP contribution in [0.2, 0.25) is 0 Å². The molecule has 146 valence electrons. The van der Waals surface area contributed by atoms with Crippen LogP contribution < -0.4 is 5.32 Å². The van der Waals surface area contributed by atoms with Gasteiger partial charge in [0.15, 0.2) is 5.76 Å². The van der Waals surface area contributed by atoms with Gasteiger partial charge in [0.05, 0.1) is 0 Å². The standard InChI is InChI=1S/C22H23FN2O2S/c23-18-5-3-17(4-6-18)20-7-8-21(27-20)22(26)24-14-16-9-11-25(12-10-16)15-19-2-1-13-28-19/h1-8,13,16H,9-12,14-15H2,(H,24,26). The van der Waals surface area contributed by atoms with Crippen LogP contribution in [0.1, 0.15) is 28.3 Å². The van der Waals surface area contributed by atoms with Crippen molar-refractivity contribution in [3.05, 3.63) is 70.4 Å². The summed E-state index contributed by atoms with van der Waals surface area (Å²) >= 11 is 1.80. The van der Waals surface area contributed by atoms with Crippen molar-refractivity contribution < 1.29 is 13.6 Å². The quantitative estimate of drug-likeness (QED) is 0.649. The Balaban J connectivity index is 1.24. The Bertz CT molecular complexity index is 897. The number of hydrogen-bond acceptors (Lipinski definition) is 4. The lowest BCUT2D eigenvalue weighted by Gasteiger charge is -2.31. The Morgan fingerprint density at radius 1 is 1.14 bits per heavy atom. The van der Waals surface area contributed by atoms with E-state index in [4.69, 9.17) is 4.42 Å². The van der Waals surface area contributed by atoms with Crippen LogP contribution in [-0.2, 0) is 6.54 Å². The predicted molar refractivity (Wildman–Crippen MR) is 109 cm³/mol. The van der Waals surface area contributed by atoms with Gasteiger partial charge in [-0.05, 0) is 79.7 Å². The summed E-state index contributed by atoms with van der Waals surface area (Å²) in [5.41, 5.74) is 0.749. The Hall–Kier alpha value is -2.44. The molecule has 0 saturated carbocycles. The number of nitrogens with one attached hydrogen (secondary N) is 1. The van der Waals surface area contributed by atoms with E-state index < -0.39 is 0 Å². The van der Waals surface area contributed by atoms with Crippen molar-refractivity contribution in [2.75, 3.05) is 19.6 Å². The first kappa shape index (κ1) is 18.9. The maximum absolute atomic E-state index is 13.0. The first-order valence-corrected chi connectivity index (χ1v) is 10.4. The molecule has 1 fully saturated rings. The Morgan fingerprint density at radius 3 is 2.64 bits per heavy atom. The summed E-state index contributed by atoms with van der Waals surface area (Å²) < 4.78 is 18.7. The molecule has 1 aromatic carbocycles. The molecule has 3 heterocycles. The number of carbonyl (C=O) groups excluding carboxylic acids is 1. The minimum absolute atomic E-state index is 0.200. The number of nitrogens with zero attached hydrogens (tertiary/aromatic N) is 1. The van der Waals surface area contributed by atoms with Crippen molar-refractivity contribution in [2.45, 2.75) is 19.4 Å². The van der Waals surface area contributed by atoms with Crippen LogP contribution in [0.15, 0.2) is 58.3 Å². The van der Waals surface area contributed by atoms with Gasteiger partial charge in [-0.2, -0.15) is 0 Å². The molecule has 2 aromatic heterocycles. The molecule has 0 unspecified atom stereocenters. The van der Waals surface area contributed by atoms with E-state index in [0.29, 0.717) is 18.2 Å². The molecule has 1 aliphatic rings. The number of carbonyl (C=O) groups is 1. The van der Waals surface area contributed by atoms with E-state index in [0.717, 1.165) is 38.0 Å². The van der Waals surface area contributed by atoms with Crippen LogP contribution in [0.5, 0.6) is 0 Å². The van der Waals surface area contributed by atoms with E-state index in [9.17, 15) is 9.18 Å². The summed E-state index contributed by atoms with van der Waals surface area (Å²) in [5, 5.41) is 5.11. The predicted octanol–water partition coefficient (Wildman–Crippen LogP) is 4.79. The van der Waals surface area contributed by atoms with Crippen molar-refractivity contribution in [2.24, 2.45) is 5.92 Å². The first-order chi connectivity index (χ1) is 13.7. The van der Waals surface area contributed by atoms with Gasteiger partial charge in [0, 0.05) is 23.5 Å². The van der Waals surface area contributed by atoms with Gasteiger partial charge in [-0.25, -0.2) is 4.39 Å². The molecule has 0 radical (unpaired) electrons. The Morgan fingerprint density at radius 2 is 1.93 bits per heavy atom. The number of hydrogen-bond donors (Lipinski definition) is 1. The molecule has 28 heavy (non-hydrogen) atoms. The third-order valence-corrected chi connectivity index (χ3v) is 6.04.